The normalized spacial score (nSPS) is 12.6. The van der Waals surface area contributed by atoms with Crippen molar-refractivity contribution in [2.45, 2.75) is 24.4 Å². The molecule has 0 saturated carbocycles. The Balaban J connectivity index is 1.96. The molecule has 24 heavy (non-hydrogen) atoms. The average molecular weight is 369 g/mol. The number of nitrogens with one attached hydrogen (secondary N) is 2. The van der Waals surface area contributed by atoms with Crippen LogP contribution < -0.4 is 10.0 Å². The van der Waals surface area contributed by atoms with E-state index in [1.165, 1.54) is 43.3 Å². The zero-order chi connectivity index (χ0) is 17.7. The molecule has 1 atom stereocenters. The van der Waals surface area contributed by atoms with Crippen LogP contribution in [0.2, 0.25) is 5.02 Å². The lowest BCUT2D eigenvalue weighted by atomic mass is 10.2. The number of phenols is 1. The van der Waals surface area contributed by atoms with Crippen molar-refractivity contribution in [2.75, 3.05) is 0 Å². The monoisotopic (exact) mass is 368 g/mol. The van der Waals surface area contributed by atoms with Gasteiger partial charge in [-0.3, -0.25) is 4.79 Å². The SMILES string of the molecule is C[C@H](NS(=O)(=O)c1ccc(Cl)cc1)C(=O)NCc1cccc(O)c1. The van der Waals surface area contributed by atoms with Gasteiger partial charge in [-0.25, -0.2) is 8.42 Å². The predicted molar refractivity (Wildman–Crippen MR) is 91.2 cm³/mol. The van der Waals surface area contributed by atoms with E-state index in [9.17, 15) is 18.3 Å². The lowest BCUT2D eigenvalue weighted by Crippen LogP contribution is -2.44. The molecule has 2 rings (SSSR count). The fraction of sp³-hybridized carbons (Fsp3) is 0.188. The van der Waals surface area contributed by atoms with Crippen molar-refractivity contribution in [1.82, 2.24) is 10.0 Å². The second kappa shape index (κ2) is 7.65. The van der Waals surface area contributed by atoms with Crippen molar-refractivity contribution < 1.29 is 18.3 Å². The Morgan fingerprint density at radius 1 is 1.21 bits per heavy atom. The molecule has 0 aliphatic carbocycles. The Hall–Kier alpha value is -2.09. The van der Waals surface area contributed by atoms with Crippen LogP contribution in [0.4, 0.5) is 0 Å². The summed E-state index contributed by atoms with van der Waals surface area (Å²) in [6.07, 6.45) is 0. The number of carbonyl (C=O) groups is 1. The minimum absolute atomic E-state index is 0.0273. The molecule has 0 unspecified atom stereocenters. The zero-order valence-corrected chi connectivity index (χ0v) is 14.4. The van der Waals surface area contributed by atoms with Gasteiger partial charge in [-0.05, 0) is 48.9 Å². The molecule has 0 bridgehead atoms. The smallest absolute Gasteiger partial charge is 0.241 e. The first-order chi connectivity index (χ1) is 11.3. The molecule has 0 saturated heterocycles. The summed E-state index contributed by atoms with van der Waals surface area (Å²) in [5, 5.41) is 12.4. The van der Waals surface area contributed by atoms with Crippen LogP contribution in [0, 0.1) is 0 Å². The van der Waals surface area contributed by atoms with Crippen LogP contribution in [0.5, 0.6) is 5.75 Å². The number of rotatable bonds is 6. The summed E-state index contributed by atoms with van der Waals surface area (Å²) in [6.45, 7) is 1.63. The molecule has 2 aromatic carbocycles. The number of hydrogen-bond donors (Lipinski definition) is 3. The molecule has 0 radical (unpaired) electrons. The highest BCUT2D eigenvalue weighted by Crippen LogP contribution is 2.14. The summed E-state index contributed by atoms with van der Waals surface area (Å²) in [7, 11) is -3.82. The summed E-state index contributed by atoms with van der Waals surface area (Å²) in [5.74, 6) is -0.380. The molecule has 0 heterocycles. The second-order valence-corrected chi connectivity index (χ2v) is 7.34. The Kier molecular flexibility index (Phi) is 5.82. The third kappa shape index (κ3) is 4.95. The molecule has 6 nitrogen and oxygen atoms in total. The minimum atomic E-state index is -3.82. The van der Waals surface area contributed by atoms with Gasteiger partial charge < -0.3 is 10.4 Å². The van der Waals surface area contributed by atoms with Crippen molar-refractivity contribution in [3.05, 3.63) is 59.1 Å². The molecule has 0 fully saturated rings. The molecule has 128 valence electrons. The number of sulfonamides is 1. The molecule has 0 spiro atoms. The van der Waals surface area contributed by atoms with Gasteiger partial charge in [0.25, 0.3) is 0 Å². The summed E-state index contributed by atoms with van der Waals surface area (Å²) >= 11 is 5.73. The number of carbonyl (C=O) groups excluding carboxylic acids is 1. The van der Waals surface area contributed by atoms with Crippen molar-refractivity contribution >= 4 is 27.5 Å². The van der Waals surface area contributed by atoms with E-state index in [2.05, 4.69) is 10.0 Å². The van der Waals surface area contributed by atoms with Gasteiger partial charge in [0.05, 0.1) is 10.9 Å². The Bertz CT molecular complexity index is 822. The molecule has 0 aliphatic rings. The number of halogens is 1. The van der Waals surface area contributed by atoms with Gasteiger partial charge >= 0.3 is 0 Å². The van der Waals surface area contributed by atoms with Crippen molar-refractivity contribution in [2.24, 2.45) is 0 Å². The van der Waals surface area contributed by atoms with Gasteiger partial charge in [0, 0.05) is 11.6 Å². The quantitative estimate of drug-likeness (QED) is 0.727. The van der Waals surface area contributed by atoms with E-state index in [0.717, 1.165) is 0 Å². The molecular weight excluding hydrogens is 352 g/mol. The first-order valence-electron chi connectivity index (χ1n) is 7.11. The lowest BCUT2D eigenvalue weighted by Gasteiger charge is -2.14. The van der Waals surface area contributed by atoms with Crippen LogP contribution in [-0.2, 0) is 21.4 Å². The standard InChI is InChI=1S/C16H17ClN2O4S/c1-11(16(21)18-10-12-3-2-4-14(20)9-12)19-24(22,23)15-7-5-13(17)6-8-15/h2-9,11,19-20H,10H2,1H3,(H,18,21)/t11-/m0/s1. The van der Waals surface area contributed by atoms with Crippen LogP contribution >= 0.6 is 11.6 Å². The number of amides is 1. The maximum atomic E-state index is 12.2. The van der Waals surface area contributed by atoms with Gasteiger partial charge in [-0.1, -0.05) is 23.7 Å². The summed E-state index contributed by atoms with van der Waals surface area (Å²) in [4.78, 5) is 12.1. The first-order valence-corrected chi connectivity index (χ1v) is 8.97. The van der Waals surface area contributed by atoms with E-state index >= 15 is 0 Å². The molecule has 3 N–H and O–H groups in total. The van der Waals surface area contributed by atoms with Crippen molar-refractivity contribution in [3.63, 3.8) is 0 Å². The Labute approximate surface area is 145 Å². The van der Waals surface area contributed by atoms with E-state index in [0.29, 0.717) is 10.6 Å². The zero-order valence-electron chi connectivity index (χ0n) is 12.9. The Morgan fingerprint density at radius 2 is 1.88 bits per heavy atom. The van der Waals surface area contributed by atoms with Crippen molar-refractivity contribution in [3.8, 4) is 5.75 Å². The molecule has 0 aliphatic heterocycles. The number of aromatic hydroxyl groups is 1. The third-order valence-corrected chi connectivity index (χ3v) is 5.04. The molecule has 2 aromatic rings. The van der Waals surface area contributed by atoms with E-state index in [4.69, 9.17) is 11.6 Å². The number of phenolic OH excluding ortho intramolecular Hbond substituents is 1. The van der Waals surface area contributed by atoms with Gasteiger partial charge in [-0.2, -0.15) is 4.72 Å². The summed E-state index contributed by atoms with van der Waals surface area (Å²) in [6, 6.07) is 11.1. The highest BCUT2D eigenvalue weighted by molar-refractivity contribution is 7.89. The number of benzene rings is 2. The molecule has 8 heteroatoms. The fourth-order valence-corrected chi connectivity index (χ4v) is 3.31. The second-order valence-electron chi connectivity index (χ2n) is 5.18. The number of hydrogen-bond acceptors (Lipinski definition) is 4. The van der Waals surface area contributed by atoms with Crippen LogP contribution in [0.25, 0.3) is 0 Å². The maximum absolute atomic E-state index is 12.2. The van der Waals surface area contributed by atoms with Crippen LogP contribution in [-0.4, -0.2) is 25.5 Å². The Morgan fingerprint density at radius 3 is 2.50 bits per heavy atom. The van der Waals surface area contributed by atoms with E-state index in [-0.39, 0.29) is 17.2 Å². The topological polar surface area (TPSA) is 95.5 Å². The third-order valence-electron chi connectivity index (χ3n) is 3.23. The minimum Gasteiger partial charge on any atom is -0.508 e. The predicted octanol–water partition coefficient (Wildman–Crippen LogP) is 2.03. The highest BCUT2D eigenvalue weighted by atomic mass is 35.5. The van der Waals surface area contributed by atoms with Gasteiger partial charge in [-0.15, -0.1) is 0 Å². The van der Waals surface area contributed by atoms with E-state index in [1.807, 2.05) is 0 Å². The van der Waals surface area contributed by atoms with Crippen LogP contribution in [0.1, 0.15) is 12.5 Å². The highest BCUT2D eigenvalue weighted by Gasteiger charge is 2.21. The van der Waals surface area contributed by atoms with Crippen molar-refractivity contribution in [1.29, 1.82) is 0 Å². The first kappa shape index (κ1) is 18.3. The van der Waals surface area contributed by atoms with Gasteiger partial charge in [0.2, 0.25) is 15.9 Å². The van der Waals surface area contributed by atoms with Gasteiger partial charge in [0.15, 0.2) is 0 Å². The van der Waals surface area contributed by atoms with Gasteiger partial charge in [0.1, 0.15) is 5.75 Å². The van der Waals surface area contributed by atoms with Crippen LogP contribution in [0.15, 0.2) is 53.4 Å². The van der Waals surface area contributed by atoms with E-state index in [1.54, 1.807) is 12.1 Å². The van der Waals surface area contributed by atoms with Crippen LogP contribution in [0.3, 0.4) is 0 Å². The largest absolute Gasteiger partial charge is 0.508 e. The fourth-order valence-electron chi connectivity index (χ4n) is 1.98. The average Bonchev–Trinajstić information content (AvgIpc) is 2.52. The van der Waals surface area contributed by atoms with E-state index < -0.39 is 22.0 Å². The maximum Gasteiger partial charge on any atom is 0.241 e. The lowest BCUT2D eigenvalue weighted by molar-refractivity contribution is -0.122. The molecule has 0 aromatic heterocycles. The molecular formula is C16H17ClN2O4S. The summed E-state index contributed by atoms with van der Waals surface area (Å²) < 4.78 is 26.7. The summed E-state index contributed by atoms with van der Waals surface area (Å²) in [5.41, 5.74) is 0.705. The molecule has 1 amide bonds.